The molecule has 0 aliphatic carbocycles. The maximum atomic E-state index is 2.41. The van der Waals surface area contributed by atoms with Crippen LogP contribution in [0.4, 0.5) is 0 Å². The fraction of sp³-hybridized carbons (Fsp3) is 0. The van der Waals surface area contributed by atoms with Gasteiger partial charge < -0.3 is 9.13 Å². The zero-order valence-corrected chi connectivity index (χ0v) is 30.7. The molecule has 2 heteroatoms. The average molecular weight is 713 g/mol. The van der Waals surface area contributed by atoms with Gasteiger partial charge >= 0.3 is 0 Å². The van der Waals surface area contributed by atoms with Gasteiger partial charge in [0.05, 0.1) is 22.1 Å². The monoisotopic (exact) mass is 712 g/mol. The first-order valence-corrected chi connectivity index (χ1v) is 19.3. The minimum Gasteiger partial charge on any atom is -0.309 e. The molecule has 262 valence electrons. The second-order valence-corrected chi connectivity index (χ2v) is 14.5. The Kier molecular flexibility index (Phi) is 7.53. The van der Waals surface area contributed by atoms with Gasteiger partial charge in [-0.25, -0.2) is 0 Å². The molecule has 2 aromatic heterocycles. The van der Waals surface area contributed by atoms with Crippen molar-refractivity contribution in [1.29, 1.82) is 0 Å². The Morgan fingerprint density at radius 2 is 0.607 bits per heavy atom. The standard InChI is InChI=1S/C54H36N2/c1-5-17-37(18-6-1)41-35-46(39-29-31-52-48(33-39)44-25-13-15-27-50(44)55(52)42-21-9-3-10-22-42)54(38-19-7-2-8-20-38)47(36-41)40-30-32-53-49(34-40)45-26-14-16-28-51(45)56(53)43-23-11-4-12-24-43/h1-36H. The van der Waals surface area contributed by atoms with Crippen molar-refractivity contribution < 1.29 is 0 Å². The first-order valence-electron chi connectivity index (χ1n) is 19.3. The van der Waals surface area contributed by atoms with E-state index in [1.165, 1.54) is 88.1 Å². The molecule has 0 unspecified atom stereocenters. The fourth-order valence-electron chi connectivity index (χ4n) is 8.80. The number of para-hydroxylation sites is 4. The van der Waals surface area contributed by atoms with E-state index < -0.39 is 0 Å². The Hall–Kier alpha value is -7.42. The van der Waals surface area contributed by atoms with E-state index in [9.17, 15) is 0 Å². The maximum Gasteiger partial charge on any atom is 0.0541 e. The normalized spacial score (nSPS) is 11.6. The average Bonchev–Trinajstić information content (AvgIpc) is 3.79. The number of aromatic nitrogens is 2. The van der Waals surface area contributed by atoms with Gasteiger partial charge in [-0.2, -0.15) is 0 Å². The number of nitrogens with zero attached hydrogens (tertiary/aromatic N) is 2. The summed E-state index contributed by atoms with van der Waals surface area (Å²) in [6.45, 7) is 0. The largest absolute Gasteiger partial charge is 0.309 e. The van der Waals surface area contributed by atoms with E-state index in [0.717, 1.165) is 11.4 Å². The van der Waals surface area contributed by atoms with E-state index in [1.807, 2.05) is 0 Å². The lowest BCUT2D eigenvalue weighted by Gasteiger charge is -2.19. The Balaban J connectivity index is 1.21. The number of hydrogen-bond donors (Lipinski definition) is 0. The lowest BCUT2D eigenvalue weighted by atomic mass is 9.84. The molecule has 0 radical (unpaired) electrons. The van der Waals surface area contributed by atoms with Crippen LogP contribution in [0.15, 0.2) is 218 Å². The zero-order chi connectivity index (χ0) is 37.0. The van der Waals surface area contributed by atoms with Crippen LogP contribution in [0.5, 0.6) is 0 Å². The van der Waals surface area contributed by atoms with Gasteiger partial charge in [0.1, 0.15) is 0 Å². The highest BCUT2D eigenvalue weighted by atomic mass is 15.0. The van der Waals surface area contributed by atoms with E-state index in [0.29, 0.717) is 0 Å². The molecule has 0 N–H and O–H groups in total. The van der Waals surface area contributed by atoms with Crippen molar-refractivity contribution in [3.63, 3.8) is 0 Å². The van der Waals surface area contributed by atoms with Crippen molar-refractivity contribution in [3.8, 4) is 55.9 Å². The molecular weight excluding hydrogens is 677 g/mol. The second kappa shape index (κ2) is 13.2. The topological polar surface area (TPSA) is 9.86 Å². The summed E-state index contributed by atoms with van der Waals surface area (Å²) < 4.78 is 4.78. The van der Waals surface area contributed by atoms with Crippen LogP contribution in [0.3, 0.4) is 0 Å². The summed E-state index contributed by atoms with van der Waals surface area (Å²) in [5.74, 6) is 0. The lowest BCUT2D eigenvalue weighted by molar-refractivity contribution is 1.18. The van der Waals surface area contributed by atoms with Crippen LogP contribution in [0.1, 0.15) is 0 Å². The Labute approximate surface area is 325 Å². The van der Waals surface area contributed by atoms with Crippen LogP contribution in [0.25, 0.3) is 99.5 Å². The predicted octanol–water partition coefficient (Wildman–Crippen LogP) is 14.5. The van der Waals surface area contributed by atoms with Crippen molar-refractivity contribution in [1.82, 2.24) is 9.13 Å². The van der Waals surface area contributed by atoms with Crippen LogP contribution in [0.2, 0.25) is 0 Å². The SMILES string of the molecule is c1ccc(-c2cc(-c3ccc4c(c3)c3ccccc3n4-c3ccccc3)c(-c3ccccc3)c(-c3ccc4c(c3)c3ccccc3n4-c3ccccc3)c2)cc1. The first kappa shape index (κ1) is 32.0. The maximum absolute atomic E-state index is 2.41. The number of benzene rings is 9. The molecule has 0 saturated carbocycles. The molecule has 11 aromatic rings. The number of hydrogen-bond acceptors (Lipinski definition) is 0. The van der Waals surface area contributed by atoms with Gasteiger partial charge in [0.2, 0.25) is 0 Å². The molecular formula is C54H36N2. The van der Waals surface area contributed by atoms with E-state index >= 15 is 0 Å². The van der Waals surface area contributed by atoms with E-state index in [-0.39, 0.29) is 0 Å². The van der Waals surface area contributed by atoms with Gasteiger partial charge in [-0.05, 0) is 117 Å². The summed E-state index contributed by atoms with van der Waals surface area (Å²) in [6, 6.07) is 79.5. The van der Waals surface area contributed by atoms with Crippen LogP contribution in [-0.2, 0) is 0 Å². The van der Waals surface area contributed by atoms with Crippen LogP contribution in [-0.4, -0.2) is 9.13 Å². The fourth-order valence-corrected chi connectivity index (χ4v) is 8.80. The van der Waals surface area contributed by atoms with Gasteiger partial charge in [-0.15, -0.1) is 0 Å². The summed E-state index contributed by atoms with van der Waals surface area (Å²) in [5.41, 5.74) is 16.7. The molecule has 9 aromatic carbocycles. The van der Waals surface area contributed by atoms with Crippen molar-refractivity contribution in [3.05, 3.63) is 218 Å². The summed E-state index contributed by atoms with van der Waals surface area (Å²) in [5, 5.41) is 4.97. The van der Waals surface area contributed by atoms with Crippen molar-refractivity contribution in [2.45, 2.75) is 0 Å². The molecule has 0 saturated heterocycles. The Morgan fingerprint density at radius 3 is 1.07 bits per heavy atom. The molecule has 0 aliphatic rings. The highest BCUT2D eigenvalue weighted by Gasteiger charge is 2.21. The van der Waals surface area contributed by atoms with Crippen molar-refractivity contribution >= 4 is 43.6 Å². The molecule has 0 fully saturated rings. The summed E-state index contributed by atoms with van der Waals surface area (Å²) in [6.07, 6.45) is 0. The Morgan fingerprint density at radius 1 is 0.232 bits per heavy atom. The number of fused-ring (bicyclic) bond motifs is 6. The molecule has 0 bridgehead atoms. The molecule has 56 heavy (non-hydrogen) atoms. The first-order chi connectivity index (χ1) is 27.8. The molecule has 0 aliphatic heterocycles. The third-order valence-electron chi connectivity index (χ3n) is 11.3. The van der Waals surface area contributed by atoms with Crippen molar-refractivity contribution in [2.24, 2.45) is 0 Å². The van der Waals surface area contributed by atoms with E-state index in [4.69, 9.17) is 0 Å². The smallest absolute Gasteiger partial charge is 0.0541 e. The van der Waals surface area contributed by atoms with Gasteiger partial charge in [-0.1, -0.05) is 146 Å². The van der Waals surface area contributed by atoms with Gasteiger partial charge in [0, 0.05) is 32.9 Å². The molecule has 0 atom stereocenters. The lowest BCUT2D eigenvalue weighted by Crippen LogP contribution is -1.95. The molecule has 0 amide bonds. The van der Waals surface area contributed by atoms with E-state index in [2.05, 4.69) is 228 Å². The molecule has 11 rings (SSSR count). The van der Waals surface area contributed by atoms with Gasteiger partial charge in [0.25, 0.3) is 0 Å². The summed E-state index contributed by atoms with van der Waals surface area (Å²) >= 11 is 0. The molecule has 2 nitrogen and oxygen atoms in total. The van der Waals surface area contributed by atoms with Crippen LogP contribution in [0, 0.1) is 0 Å². The zero-order valence-electron chi connectivity index (χ0n) is 30.7. The minimum absolute atomic E-state index is 1.16. The van der Waals surface area contributed by atoms with Gasteiger partial charge in [-0.3, -0.25) is 0 Å². The quantitative estimate of drug-likeness (QED) is 0.162. The summed E-state index contributed by atoms with van der Waals surface area (Å²) in [4.78, 5) is 0. The third kappa shape index (κ3) is 5.19. The van der Waals surface area contributed by atoms with E-state index in [1.54, 1.807) is 0 Å². The minimum atomic E-state index is 1.16. The highest BCUT2D eigenvalue weighted by molar-refractivity contribution is 6.13. The Bertz CT molecular complexity index is 3030. The van der Waals surface area contributed by atoms with Crippen LogP contribution >= 0.6 is 0 Å². The molecule has 2 heterocycles. The molecule has 0 spiro atoms. The van der Waals surface area contributed by atoms with Crippen LogP contribution < -0.4 is 0 Å². The van der Waals surface area contributed by atoms with Gasteiger partial charge in [0.15, 0.2) is 0 Å². The third-order valence-corrected chi connectivity index (χ3v) is 11.3. The van der Waals surface area contributed by atoms with Crippen molar-refractivity contribution in [2.75, 3.05) is 0 Å². The predicted molar refractivity (Wildman–Crippen MR) is 237 cm³/mol. The highest BCUT2D eigenvalue weighted by Crippen LogP contribution is 2.46. The number of rotatable bonds is 6. The summed E-state index contributed by atoms with van der Waals surface area (Å²) in [7, 11) is 0. The second-order valence-electron chi connectivity index (χ2n) is 14.5.